The van der Waals surface area contributed by atoms with Crippen LogP contribution in [0.5, 0.6) is 0 Å². The normalized spacial score (nSPS) is 12.3. The van der Waals surface area contributed by atoms with Gasteiger partial charge in [-0.2, -0.15) is 0 Å². The topological polar surface area (TPSA) is 0 Å². The molecule has 0 bridgehead atoms. The summed E-state index contributed by atoms with van der Waals surface area (Å²) in [5.41, 5.74) is 1.47. The maximum absolute atomic E-state index is 3.63. The Kier molecular flexibility index (Phi) is 8.75. The quantitative estimate of drug-likeness (QED) is 0.393. The largest absolute Gasteiger partial charge is 0.0991 e. The summed E-state index contributed by atoms with van der Waals surface area (Å²) in [6.07, 6.45) is 14.6. The number of unbranched alkanes of at least 4 members (excludes halogenated alkanes) is 3. The Bertz CT molecular complexity index is 172. The Morgan fingerprint density at radius 2 is 1.92 bits per heavy atom. The predicted octanol–water partition coefficient (Wildman–Crippen LogP) is 4.65. The Morgan fingerprint density at radius 3 is 2.54 bits per heavy atom. The highest BCUT2D eigenvalue weighted by molar-refractivity contribution is 5.13. The first-order valence-corrected chi connectivity index (χ1v) is 5.26. The van der Waals surface area contributed by atoms with E-state index in [1.807, 2.05) is 6.08 Å². The summed E-state index contributed by atoms with van der Waals surface area (Å²) in [5, 5.41) is 0. The van der Waals surface area contributed by atoms with E-state index in [9.17, 15) is 0 Å². The highest BCUT2D eigenvalue weighted by Crippen LogP contribution is 2.09. The van der Waals surface area contributed by atoms with Crippen molar-refractivity contribution < 1.29 is 0 Å². The van der Waals surface area contributed by atoms with Gasteiger partial charge in [0.05, 0.1) is 0 Å². The average molecular weight is 178 g/mol. The zero-order valence-corrected chi connectivity index (χ0v) is 9.05. The smallest absolute Gasteiger partial charge is 0.0320 e. The zero-order chi connectivity index (χ0) is 9.94. The Hall–Kier alpha value is -0.780. The third-order valence-corrected chi connectivity index (χ3v) is 2.05. The maximum Gasteiger partial charge on any atom is -0.0320 e. The highest BCUT2D eigenvalue weighted by atomic mass is 14.0. The van der Waals surface area contributed by atoms with Gasteiger partial charge in [0.25, 0.3) is 0 Å². The zero-order valence-electron chi connectivity index (χ0n) is 9.05. The second kappa shape index (κ2) is 9.31. The van der Waals surface area contributed by atoms with E-state index in [2.05, 4.69) is 32.6 Å². The molecule has 0 aliphatic rings. The molecular weight excluding hydrogens is 156 g/mol. The summed E-state index contributed by atoms with van der Waals surface area (Å²) in [5.74, 6) is 0. The standard InChI is InChI=1S/C13H22/c1-4-6-8-10-12-13(3)11-9-7-5-2/h5,7,9,11H,2,4,6,8,10,12H2,1,3H3/b9-7-,13-11+. The van der Waals surface area contributed by atoms with Gasteiger partial charge >= 0.3 is 0 Å². The van der Waals surface area contributed by atoms with Crippen molar-refractivity contribution >= 4 is 0 Å². The summed E-state index contributed by atoms with van der Waals surface area (Å²) in [6, 6.07) is 0. The molecule has 0 spiro atoms. The summed E-state index contributed by atoms with van der Waals surface area (Å²) in [6.45, 7) is 8.07. The Morgan fingerprint density at radius 1 is 1.15 bits per heavy atom. The van der Waals surface area contributed by atoms with E-state index in [0.29, 0.717) is 0 Å². The van der Waals surface area contributed by atoms with Crippen molar-refractivity contribution in [1.82, 2.24) is 0 Å². The van der Waals surface area contributed by atoms with Crippen molar-refractivity contribution in [2.45, 2.75) is 46.0 Å². The minimum absolute atomic E-state index is 1.24. The molecule has 0 heterocycles. The van der Waals surface area contributed by atoms with Crippen molar-refractivity contribution in [3.05, 3.63) is 36.5 Å². The van der Waals surface area contributed by atoms with E-state index in [0.717, 1.165) is 0 Å². The van der Waals surface area contributed by atoms with E-state index in [-0.39, 0.29) is 0 Å². The van der Waals surface area contributed by atoms with Gasteiger partial charge < -0.3 is 0 Å². The summed E-state index contributed by atoms with van der Waals surface area (Å²) in [4.78, 5) is 0. The first-order chi connectivity index (χ1) is 6.31. The van der Waals surface area contributed by atoms with Crippen LogP contribution in [-0.4, -0.2) is 0 Å². The van der Waals surface area contributed by atoms with Crippen molar-refractivity contribution in [2.24, 2.45) is 0 Å². The van der Waals surface area contributed by atoms with Crippen molar-refractivity contribution in [1.29, 1.82) is 0 Å². The molecule has 74 valence electrons. The average Bonchev–Trinajstić information content (AvgIpc) is 2.13. The molecule has 0 nitrogen and oxygen atoms in total. The van der Waals surface area contributed by atoms with E-state index in [4.69, 9.17) is 0 Å². The van der Waals surface area contributed by atoms with Crippen LogP contribution in [0.4, 0.5) is 0 Å². The lowest BCUT2D eigenvalue weighted by molar-refractivity contribution is 0.664. The summed E-state index contributed by atoms with van der Waals surface area (Å²) in [7, 11) is 0. The molecule has 0 N–H and O–H groups in total. The van der Waals surface area contributed by atoms with Gasteiger partial charge in [0, 0.05) is 0 Å². The molecule has 0 aromatic carbocycles. The van der Waals surface area contributed by atoms with Crippen LogP contribution in [0, 0.1) is 0 Å². The van der Waals surface area contributed by atoms with Gasteiger partial charge in [0.15, 0.2) is 0 Å². The van der Waals surface area contributed by atoms with Crippen LogP contribution < -0.4 is 0 Å². The van der Waals surface area contributed by atoms with Crippen molar-refractivity contribution in [3.63, 3.8) is 0 Å². The maximum atomic E-state index is 3.63. The van der Waals surface area contributed by atoms with Gasteiger partial charge in [-0.15, -0.1) is 0 Å². The Balaban J connectivity index is 3.48. The van der Waals surface area contributed by atoms with Crippen LogP contribution in [-0.2, 0) is 0 Å². The fourth-order valence-corrected chi connectivity index (χ4v) is 1.21. The summed E-state index contributed by atoms with van der Waals surface area (Å²) < 4.78 is 0. The SMILES string of the molecule is C=C/C=C\C=C(/C)CCCCCC. The first kappa shape index (κ1) is 12.2. The van der Waals surface area contributed by atoms with Crippen LogP contribution in [0.15, 0.2) is 36.5 Å². The molecular formula is C13H22. The second-order valence-corrected chi connectivity index (χ2v) is 3.44. The second-order valence-electron chi connectivity index (χ2n) is 3.44. The van der Waals surface area contributed by atoms with E-state index in [1.165, 1.54) is 37.7 Å². The molecule has 0 atom stereocenters. The van der Waals surface area contributed by atoms with Gasteiger partial charge in [-0.1, -0.05) is 62.6 Å². The molecule has 0 aliphatic carbocycles. The number of hydrogen-bond donors (Lipinski definition) is 0. The number of hydrogen-bond acceptors (Lipinski definition) is 0. The molecule has 0 rings (SSSR count). The van der Waals surface area contributed by atoms with Crippen molar-refractivity contribution in [3.8, 4) is 0 Å². The third-order valence-electron chi connectivity index (χ3n) is 2.05. The number of allylic oxidation sites excluding steroid dienone is 5. The lowest BCUT2D eigenvalue weighted by Crippen LogP contribution is -1.79. The van der Waals surface area contributed by atoms with Gasteiger partial charge in [0.2, 0.25) is 0 Å². The molecule has 0 aromatic heterocycles. The number of rotatable bonds is 7. The molecule has 0 saturated heterocycles. The monoisotopic (exact) mass is 178 g/mol. The molecule has 0 amide bonds. The first-order valence-electron chi connectivity index (χ1n) is 5.26. The van der Waals surface area contributed by atoms with Crippen LogP contribution in [0.2, 0.25) is 0 Å². The molecule has 0 aromatic rings. The van der Waals surface area contributed by atoms with Gasteiger partial charge in [-0.3, -0.25) is 0 Å². The summed E-state index contributed by atoms with van der Waals surface area (Å²) >= 11 is 0. The lowest BCUT2D eigenvalue weighted by Gasteiger charge is -1.99. The highest BCUT2D eigenvalue weighted by Gasteiger charge is 1.89. The van der Waals surface area contributed by atoms with Gasteiger partial charge in [0.1, 0.15) is 0 Å². The van der Waals surface area contributed by atoms with E-state index >= 15 is 0 Å². The van der Waals surface area contributed by atoms with Crippen molar-refractivity contribution in [2.75, 3.05) is 0 Å². The fraction of sp³-hybridized carbons (Fsp3) is 0.538. The predicted molar refractivity (Wildman–Crippen MR) is 61.9 cm³/mol. The molecule has 0 saturated carbocycles. The molecule has 0 heteroatoms. The molecule has 0 fully saturated rings. The third kappa shape index (κ3) is 9.13. The molecule has 0 unspecified atom stereocenters. The van der Waals surface area contributed by atoms with Gasteiger partial charge in [-0.05, 0) is 19.8 Å². The Labute approximate surface area is 83.0 Å². The minimum atomic E-state index is 1.24. The molecule has 13 heavy (non-hydrogen) atoms. The molecule has 0 radical (unpaired) electrons. The van der Waals surface area contributed by atoms with Crippen LogP contribution >= 0.6 is 0 Å². The van der Waals surface area contributed by atoms with Crippen LogP contribution in [0.1, 0.15) is 46.0 Å². The van der Waals surface area contributed by atoms with Gasteiger partial charge in [-0.25, -0.2) is 0 Å². The minimum Gasteiger partial charge on any atom is -0.0991 e. The molecule has 0 aliphatic heterocycles. The van der Waals surface area contributed by atoms with Crippen LogP contribution in [0.25, 0.3) is 0 Å². The van der Waals surface area contributed by atoms with E-state index in [1.54, 1.807) is 6.08 Å². The van der Waals surface area contributed by atoms with E-state index < -0.39 is 0 Å². The lowest BCUT2D eigenvalue weighted by atomic mass is 10.1. The van der Waals surface area contributed by atoms with Crippen LogP contribution in [0.3, 0.4) is 0 Å². The fourth-order valence-electron chi connectivity index (χ4n) is 1.21.